The van der Waals surface area contributed by atoms with Gasteiger partial charge < -0.3 is 14.2 Å². The van der Waals surface area contributed by atoms with Crippen molar-refractivity contribution in [2.24, 2.45) is 0 Å². The molecule has 0 spiro atoms. The first-order chi connectivity index (χ1) is 10.6. The summed E-state index contributed by atoms with van der Waals surface area (Å²) in [5, 5.41) is 0.874. The van der Waals surface area contributed by atoms with E-state index in [2.05, 4.69) is 0 Å². The van der Waals surface area contributed by atoms with E-state index in [4.69, 9.17) is 37.4 Å². The van der Waals surface area contributed by atoms with E-state index < -0.39 is 12.1 Å². The molecule has 1 heterocycles. The monoisotopic (exact) mass is 338 g/mol. The minimum absolute atomic E-state index is 0.0945. The van der Waals surface area contributed by atoms with E-state index in [-0.39, 0.29) is 13.2 Å². The zero-order valence-electron chi connectivity index (χ0n) is 11.4. The van der Waals surface area contributed by atoms with Crippen LogP contribution in [0, 0.1) is 0 Å². The lowest BCUT2D eigenvalue weighted by molar-refractivity contribution is -0.155. The fourth-order valence-corrected chi connectivity index (χ4v) is 2.33. The first kappa shape index (κ1) is 15.0. The SMILES string of the molecule is O=C(OCc1ccc(Cl)c(Cl)c1)[C@@H]1COc2ccccc2O1. The number of rotatable bonds is 3. The Bertz CT molecular complexity index is 702. The molecular formula is C16H12Cl2O4. The normalized spacial score (nSPS) is 16.2. The Morgan fingerprint density at radius 3 is 2.68 bits per heavy atom. The van der Waals surface area contributed by atoms with E-state index in [1.807, 2.05) is 12.1 Å². The minimum atomic E-state index is -0.780. The van der Waals surface area contributed by atoms with Crippen LogP contribution in [-0.4, -0.2) is 18.7 Å². The van der Waals surface area contributed by atoms with E-state index in [0.717, 1.165) is 5.56 Å². The molecule has 22 heavy (non-hydrogen) atoms. The van der Waals surface area contributed by atoms with Crippen LogP contribution in [0.1, 0.15) is 5.56 Å². The van der Waals surface area contributed by atoms with E-state index >= 15 is 0 Å². The van der Waals surface area contributed by atoms with Crippen LogP contribution in [0.3, 0.4) is 0 Å². The van der Waals surface area contributed by atoms with Crippen LogP contribution >= 0.6 is 23.2 Å². The molecule has 0 saturated heterocycles. The zero-order valence-corrected chi connectivity index (χ0v) is 12.9. The molecule has 0 aromatic heterocycles. The lowest BCUT2D eigenvalue weighted by atomic mass is 10.2. The highest BCUT2D eigenvalue weighted by Gasteiger charge is 2.28. The van der Waals surface area contributed by atoms with Crippen molar-refractivity contribution < 1.29 is 19.0 Å². The summed E-state index contributed by atoms with van der Waals surface area (Å²) < 4.78 is 16.3. The molecule has 0 fully saturated rings. The Labute approximate surface area is 137 Å². The predicted molar refractivity (Wildman–Crippen MR) is 82.6 cm³/mol. The summed E-state index contributed by atoms with van der Waals surface area (Å²) in [5.74, 6) is 0.668. The zero-order chi connectivity index (χ0) is 15.5. The summed E-state index contributed by atoms with van der Waals surface area (Å²) in [6, 6.07) is 12.2. The lowest BCUT2D eigenvalue weighted by Gasteiger charge is -2.24. The van der Waals surface area contributed by atoms with Gasteiger partial charge in [-0.1, -0.05) is 41.4 Å². The van der Waals surface area contributed by atoms with Gasteiger partial charge in [-0.2, -0.15) is 0 Å². The first-order valence-corrected chi connectivity index (χ1v) is 7.38. The van der Waals surface area contributed by atoms with Crippen molar-refractivity contribution in [2.45, 2.75) is 12.7 Å². The molecule has 0 unspecified atom stereocenters. The Balaban J connectivity index is 1.60. The second-order valence-corrected chi connectivity index (χ2v) is 5.53. The van der Waals surface area contributed by atoms with Crippen LogP contribution in [0.4, 0.5) is 0 Å². The maximum atomic E-state index is 12.0. The van der Waals surface area contributed by atoms with Gasteiger partial charge in [-0.15, -0.1) is 0 Å². The van der Waals surface area contributed by atoms with Gasteiger partial charge in [-0.05, 0) is 29.8 Å². The summed E-state index contributed by atoms with van der Waals surface area (Å²) in [6.45, 7) is 0.217. The molecule has 0 N–H and O–H groups in total. The summed E-state index contributed by atoms with van der Waals surface area (Å²) in [6.07, 6.45) is -0.780. The van der Waals surface area contributed by atoms with Crippen molar-refractivity contribution in [1.82, 2.24) is 0 Å². The molecule has 2 aromatic carbocycles. The van der Waals surface area contributed by atoms with E-state index in [1.165, 1.54) is 0 Å². The molecule has 114 valence electrons. The number of ether oxygens (including phenoxy) is 3. The smallest absolute Gasteiger partial charge is 0.351 e. The number of para-hydroxylation sites is 2. The van der Waals surface area contributed by atoms with Crippen molar-refractivity contribution in [3.8, 4) is 11.5 Å². The van der Waals surface area contributed by atoms with Crippen molar-refractivity contribution in [2.75, 3.05) is 6.61 Å². The van der Waals surface area contributed by atoms with Crippen LogP contribution in [0.5, 0.6) is 11.5 Å². The number of benzene rings is 2. The molecule has 0 radical (unpaired) electrons. The van der Waals surface area contributed by atoms with Gasteiger partial charge in [-0.3, -0.25) is 0 Å². The Kier molecular flexibility index (Phi) is 4.41. The third kappa shape index (κ3) is 3.29. The topological polar surface area (TPSA) is 44.8 Å². The molecule has 1 atom stereocenters. The van der Waals surface area contributed by atoms with Crippen LogP contribution in [0.25, 0.3) is 0 Å². The summed E-state index contributed by atoms with van der Waals surface area (Å²) in [4.78, 5) is 12.0. The average molecular weight is 339 g/mol. The summed E-state index contributed by atoms with van der Waals surface area (Å²) in [7, 11) is 0. The number of hydrogen-bond acceptors (Lipinski definition) is 4. The van der Waals surface area contributed by atoms with Gasteiger partial charge in [0.25, 0.3) is 0 Å². The highest BCUT2D eigenvalue weighted by atomic mass is 35.5. The number of hydrogen-bond donors (Lipinski definition) is 0. The molecule has 6 heteroatoms. The van der Waals surface area contributed by atoms with Crippen molar-refractivity contribution >= 4 is 29.2 Å². The molecule has 4 nitrogen and oxygen atoms in total. The van der Waals surface area contributed by atoms with Gasteiger partial charge in [0, 0.05) is 0 Å². The van der Waals surface area contributed by atoms with Crippen molar-refractivity contribution in [3.63, 3.8) is 0 Å². The van der Waals surface area contributed by atoms with Crippen LogP contribution < -0.4 is 9.47 Å². The number of esters is 1. The van der Waals surface area contributed by atoms with Crippen molar-refractivity contribution in [3.05, 3.63) is 58.1 Å². The molecule has 3 rings (SSSR count). The minimum Gasteiger partial charge on any atom is -0.485 e. The molecule has 0 aliphatic carbocycles. The summed E-state index contributed by atoms with van der Waals surface area (Å²) >= 11 is 11.8. The maximum absolute atomic E-state index is 12.0. The molecule has 0 bridgehead atoms. The lowest BCUT2D eigenvalue weighted by Crippen LogP contribution is -2.37. The first-order valence-electron chi connectivity index (χ1n) is 6.62. The molecule has 1 aliphatic heterocycles. The molecule has 0 amide bonds. The third-order valence-corrected chi connectivity index (χ3v) is 3.88. The van der Waals surface area contributed by atoms with Gasteiger partial charge in [0.05, 0.1) is 10.0 Å². The quantitative estimate of drug-likeness (QED) is 0.796. The summed E-state index contributed by atoms with van der Waals surface area (Å²) in [5.41, 5.74) is 0.750. The highest BCUT2D eigenvalue weighted by molar-refractivity contribution is 6.42. The third-order valence-electron chi connectivity index (χ3n) is 3.14. The van der Waals surface area contributed by atoms with Crippen LogP contribution in [0.2, 0.25) is 10.0 Å². The Morgan fingerprint density at radius 1 is 1.14 bits per heavy atom. The van der Waals surface area contributed by atoms with Gasteiger partial charge in [-0.25, -0.2) is 4.79 Å². The maximum Gasteiger partial charge on any atom is 0.351 e. The van der Waals surface area contributed by atoms with E-state index in [0.29, 0.717) is 21.5 Å². The van der Waals surface area contributed by atoms with Gasteiger partial charge >= 0.3 is 5.97 Å². The van der Waals surface area contributed by atoms with Gasteiger partial charge in [0.1, 0.15) is 13.2 Å². The fraction of sp³-hybridized carbons (Fsp3) is 0.188. The predicted octanol–water partition coefficient (Wildman–Crippen LogP) is 3.88. The number of carbonyl (C=O) groups excluding carboxylic acids is 1. The van der Waals surface area contributed by atoms with Gasteiger partial charge in [0.2, 0.25) is 6.10 Å². The highest BCUT2D eigenvalue weighted by Crippen LogP contribution is 2.31. The second-order valence-electron chi connectivity index (χ2n) is 4.72. The number of fused-ring (bicyclic) bond motifs is 1. The fourth-order valence-electron chi connectivity index (χ4n) is 2.01. The van der Waals surface area contributed by atoms with E-state index in [9.17, 15) is 4.79 Å². The molecule has 0 saturated carbocycles. The van der Waals surface area contributed by atoms with E-state index in [1.54, 1.807) is 30.3 Å². The standard InChI is InChI=1S/C16H12Cl2O4/c17-11-6-5-10(7-12(11)18)8-21-16(19)15-9-20-13-3-1-2-4-14(13)22-15/h1-7,15H,8-9H2/t15-/m0/s1. The number of halogens is 2. The average Bonchev–Trinajstić information content (AvgIpc) is 2.55. The molecule has 2 aromatic rings. The van der Waals surface area contributed by atoms with Crippen LogP contribution in [-0.2, 0) is 16.1 Å². The van der Waals surface area contributed by atoms with Gasteiger partial charge in [0.15, 0.2) is 11.5 Å². The van der Waals surface area contributed by atoms with Crippen molar-refractivity contribution in [1.29, 1.82) is 0 Å². The van der Waals surface area contributed by atoms with Crippen LogP contribution in [0.15, 0.2) is 42.5 Å². The molecule has 1 aliphatic rings. The Hall–Kier alpha value is -1.91. The number of carbonyl (C=O) groups is 1. The largest absolute Gasteiger partial charge is 0.485 e. The Morgan fingerprint density at radius 2 is 1.91 bits per heavy atom. The second kappa shape index (κ2) is 6.46. The molecular weight excluding hydrogens is 327 g/mol.